The summed E-state index contributed by atoms with van der Waals surface area (Å²) in [5, 5.41) is 0. The molecule has 0 aromatic carbocycles. The van der Waals surface area contributed by atoms with Gasteiger partial charge in [-0.1, -0.05) is 0 Å². The standard InChI is InChI=1S/C9H15O7P/c1-12-8(10)5-7(6-9(11)13-2)16-17(14-3)15-4/h5H,6H2,1-4H3. The summed E-state index contributed by atoms with van der Waals surface area (Å²) in [4.78, 5) is 22.1. The van der Waals surface area contributed by atoms with Gasteiger partial charge in [-0.3, -0.25) is 4.79 Å². The van der Waals surface area contributed by atoms with Gasteiger partial charge in [0.2, 0.25) is 0 Å². The molecule has 98 valence electrons. The zero-order valence-electron chi connectivity index (χ0n) is 10.1. The Labute approximate surface area is 101 Å². The molecule has 0 aliphatic rings. The highest BCUT2D eigenvalue weighted by molar-refractivity contribution is 7.41. The van der Waals surface area contributed by atoms with Gasteiger partial charge in [-0.25, -0.2) is 4.79 Å². The number of carbonyl (C=O) groups is 2. The van der Waals surface area contributed by atoms with Gasteiger partial charge in [0.25, 0.3) is 0 Å². The topological polar surface area (TPSA) is 80.3 Å². The lowest BCUT2D eigenvalue weighted by Crippen LogP contribution is -2.06. The normalized spacial score (nSPS) is 11.2. The van der Waals surface area contributed by atoms with Gasteiger partial charge in [0.15, 0.2) is 0 Å². The third kappa shape index (κ3) is 6.88. The van der Waals surface area contributed by atoms with Gasteiger partial charge >= 0.3 is 20.5 Å². The van der Waals surface area contributed by atoms with E-state index in [1.54, 1.807) is 0 Å². The Kier molecular flexibility index (Phi) is 8.31. The molecular formula is C9H15O7P. The highest BCUT2D eigenvalue weighted by atomic mass is 31.2. The Bertz CT molecular complexity index is 285. The summed E-state index contributed by atoms with van der Waals surface area (Å²) >= 11 is 0. The summed E-state index contributed by atoms with van der Waals surface area (Å²) in [7, 11) is 3.55. The van der Waals surface area contributed by atoms with Gasteiger partial charge in [-0.2, -0.15) is 0 Å². The average molecular weight is 266 g/mol. The van der Waals surface area contributed by atoms with Crippen molar-refractivity contribution < 1.29 is 32.6 Å². The van der Waals surface area contributed by atoms with E-state index < -0.39 is 20.5 Å². The van der Waals surface area contributed by atoms with E-state index >= 15 is 0 Å². The van der Waals surface area contributed by atoms with Crippen molar-refractivity contribution >= 4 is 20.5 Å². The van der Waals surface area contributed by atoms with Crippen LogP contribution in [-0.2, 0) is 32.6 Å². The molecule has 7 nitrogen and oxygen atoms in total. The summed E-state index contributed by atoms with van der Waals surface area (Å²) < 4.78 is 23.7. The first kappa shape index (κ1) is 15.8. The van der Waals surface area contributed by atoms with Crippen LogP contribution in [0.3, 0.4) is 0 Å². The second-order valence-electron chi connectivity index (χ2n) is 2.57. The van der Waals surface area contributed by atoms with Crippen molar-refractivity contribution in [2.45, 2.75) is 6.42 Å². The van der Waals surface area contributed by atoms with E-state index in [1.165, 1.54) is 28.4 Å². The molecule has 8 heteroatoms. The molecule has 0 bridgehead atoms. The van der Waals surface area contributed by atoms with Gasteiger partial charge in [-0.05, 0) is 0 Å². The van der Waals surface area contributed by atoms with Crippen LogP contribution in [0.1, 0.15) is 6.42 Å². The first-order chi connectivity index (χ1) is 8.07. The molecular weight excluding hydrogens is 251 g/mol. The number of ether oxygens (including phenoxy) is 2. The Morgan fingerprint density at radius 3 is 2.06 bits per heavy atom. The van der Waals surface area contributed by atoms with E-state index in [9.17, 15) is 9.59 Å². The SMILES string of the molecule is COC(=O)C=C(CC(=O)OC)OP(OC)OC. The average Bonchev–Trinajstić information content (AvgIpc) is 2.34. The van der Waals surface area contributed by atoms with Crippen molar-refractivity contribution in [2.24, 2.45) is 0 Å². The molecule has 0 fully saturated rings. The third-order valence-corrected chi connectivity index (χ3v) is 2.50. The van der Waals surface area contributed by atoms with E-state index in [1.807, 2.05) is 0 Å². The van der Waals surface area contributed by atoms with Crippen LogP contribution in [0.2, 0.25) is 0 Å². The minimum Gasteiger partial charge on any atom is -0.469 e. The van der Waals surface area contributed by atoms with Crippen molar-refractivity contribution in [3.8, 4) is 0 Å². The summed E-state index contributed by atoms with van der Waals surface area (Å²) in [6, 6.07) is 0. The molecule has 0 saturated heterocycles. The maximum atomic E-state index is 11.1. The van der Waals surface area contributed by atoms with Crippen molar-refractivity contribution in [3.05, 3.63) is 11.8 Å². The van der Waals surface area contributed by atoms with Crippen LogP contribution in [0.15, 0.2) is 11.8 Å². The molecule has 0 amide bonds. The lowest BCUT2D eigenvalue weighted by molar-refractivity contribution is -0.140. The van der Waals surface area contributed by atoms with E-state index in [0.29, 0.717) is 0 Å². The van der Waals surface area contributed by atoms with Crippen LogP contribution in [0, 0.1) is 0 Å². The van der Waals surface area contributed by atoms with E-state index in [2.05, 4.69) is 9.47 Å². The molecule has 0 aliphatic heterocycles. The fourth-order valence-electron chi connectivity index (χ4n) is 0.759. The Morgan fingerprint density at radius 1 is 1.06 bits per heavy atom. The van der Waals surface area contributed by atoms with Gasteiger partial charge in [-0.15, -0.1) is 0 Å². The molecule has 0 radical (unpaired) electrons. The van der Waals surface area contributed by atoms with Crippen LogP contribution in [0.5, 0.6) is 0 Å². The molecule has 0 saturated carbocycles. The lowest BCUT2D eigenvalue weighted by Gasteiger charge is -2.14. The summed E-state index contributed by atoms with van der Waals surface area (Å²) in [6.07, 6.45) is 0.821. The van der Waals surface area contributed by atoms with E-state index in [0.717, 1.165) is 6.08 Å². The third-order valence-electron chi connectivity index (χ3n) is 1.52. The second kappa shape index (κ2) is 8.92. The molecule has 0 spiro atoms. The van der Waals surface area contributed by atoms with Gasteiger partial charge < -0.3 is 23.0 Å². The van der Waals surface area contributed by atoms with Crippen LogP contribution < -0.4 is 0 Å². The van der Waals surface area contributed by atoms with E-state index in [-0.39, 0.29) is 12.2 Å². The number of carbonyl (C=O) groups excluding carboxylic acids is 2. The van der Waals surface area contributed by atoms with Crippen molar-refractivity contribution in [1.29, 1.82) is 0 Å². The molecule has 0 aliphatic carbocycles. The van der Waals surface area contributed by atoms with Gasteiger partial charge in [0.05, 0.1) is 20.3 Å². The van der Waals surface area contributed by atoms with E-state index in [4.69, 9.17) is 13.6 Å². The molecule has 0 aromatic rings. The highest BCUT2D eigenvalue weighted by Crippen LogP contribution is 2.40. The Balaban J connectivity index is 4.66. The predicted octanol–water partition coefficient (Wildman–Crippen LogP) is 1.14. The predicted molar refractivity (Wildman–Crippen MR) is 58.8 cm³/mol. The molecule has 0 heterocycles. The quantitative estimate of drug-likeness (QED) is 0.296. The van der Waals surface area contributed by atoms with Crippen molar-refractivity contribution in [1.82, 2.24) is 0 Å². The number of hydrogen-bond acceptors (Lipinski definition) is 7. The molecule has 17 heavy (non-hydrogen) atoms. The Hall–Kier alpha value is -1.17. The maximum Gasteiger partial charge on any atom is 0.396 e. The van der Waals surface area contributed by atoms with Crippen LogP contribution >= 0.6 is 8.60 Å². The molecule has 0 unspecified atom stereocenters. The zero-order chi connectivity index (χ0) is 13.3. The molecule has 0 aromatic heterocycles. The van der Waals surface area contributed by atoms with Crippen LogP contribution in [0.4, 0.5) is 0 Å². The Morgan fingerprint density at radius 2 is 1.65 bits per heavy atom. The maximum absolute atomic E-state index is 11.1. The van der Waals surface area contributed by atoms with Crippen molar-refractivity contribution in [2.75, 3.05) is 28.4 Å². The monoisotopic (exact) mass is 266 g/mol. The number of methoxy groups -OCH3 is 2. The lowest BCUT2D eigenvalue weighted by atomic mass is 10.3. The zero-order valence-corrected chi connectivity index (χ0v) is 11.0. The second-order valence-corrected chi connectivity index (χ2v) is 3.93. The van der Waals surface area contributed by atoms with Gasteiger partial charge in [0.1, 0.15) is 12.2 Å². The smallest absolute Gasteiger partial charge is 0.396 e. The highest BCUT2D eigenvalue weighted by Gasteiger charge is 2.17. The number of hydrogen-bond donors (Lipinski definition) is 0. The molecule has 0 N–H and O–H groups in total. The first-order valence-electron chi connectivity index (χ1n) is 4.49. The fraction of sp³-hybridized carbons (Fsp3) is 0.556. The van der Waals surface area contributed by atoms with Gasteiger partial charge in [0, 0.05) is 14.2 Å². The largest absolute Gasteiger partial charge is 0.469 e. The molecule has 0 rings (SSSR count). The number of esters is 2. The first-order valence-corrected chi connectivity index (χ1v) is 5.58. The van der Waals surface area contributed by atoms with Crippen LogP contribution in [-0.4, -0.2) is 40.4 Å². The minimum absolute atomic E-state index is 0.0542. The molecule has 0 atom stereocenters. The minimum atomic E-state index is -1.65. The summed E-state index contributed by atoms with van der Waals surface area (Å²) in [6.45, 7) is 0. The van der Waals surface area contributed by atoms with Crippen LogP contribution in [0.25, 0.3) is 0 Å². The van der Waals surface area contributed by atoms with Crippen molar-refractivity contribution in [3.63, 3.8) is 0 Å². The summed E-state index contributed by atoms with van der Waals surface area (Å²) in [5.41, 5.74) is 0. The summed E-state index contributed by atoms with van der Waals surface area (Å²) in [5.74, 6) is -1.15. The number of rotatable bonds is 7. The fourth-order valence-corrected chi connectivity index (χ4v) is 1.37.